The first-order valence-corrected chi connectivity index (χ1v) is 4.76. The summed E-state index contributed by atoms with van der Waals surface area (Å²) in [7, 11) is 0. The molecule has 15 heavy (non-hydrogen) atoms. The molecule has 0 aliphatic carbocycles. The molecule has 0 atom stereocenters. The van der Waals surface area contributed by atoms with Crippen LogP contribution in [-0.4, -0.2) is 6.29 Å². The van der Waals surface area contributed by atoms with Crippen LogP contribution in [0.5, 0.6) is 0 Å². The van der Waals surface area contributed by atoms with Crippen molar-refractivity contribution in [2.75, 3.05) is 0 Å². The monoisotopic (exact) mass is 202 g/mol. The molecule has 1 aromatic heterocycles. The number of para-hydroxylation sites is 1. The lowest BCUT2D eigenvalue weighted by atomic mass is 10.1. The molecular formula is C12H10O3. The summed E-state index contributed by atoms with van der Waals surface area (Å²) in [4.78, 5) is 21.5. The Morgan fingerprint density at radius 2 is 2.07 bits per heavy atom. The van der Waals surface area contributed by atoms with Crippen LogP contribution in [0.1, 0.15) is 12.0 Å². The fourth-order valence-corrected chi connectivity index (χ4v) is 1.60. The number of carbonyl (C=O) groups excluding carboxylic acids is 1. The van der Waals surface area contributed by atoms with Gasteiger partial charge in [0.15, 0.2) is 0 Å². The molecule has 0 aliphatic rings. The molecule has 0 aliphatic heterocycles. The minimum atomic E-state index is -0.366. The third kappa shape index (κ3) is 1.96. The van der Waals surface area contributed by atoms with Gasteiger partial charge in [-0.15, -0.1) is 0 Å². The van der Waals surface area contributed by atoms with Crippen molar-refractivity contribution in [3.8, 4) is 0 Å². The van der Waals surface area contributed by atoms with E-state index in [1.54, 1.807) is 6.07 Å². The maximum Gasteiger partial charge on any atom is 0.336 e. The smallest absolute Gasteiger partial charge is 0.336 e. The average Bonchev–Trinajstić information content (AvgIpc) is 2.25. The second-order valence-electron chi connectivity index (χ2n) is 3.29. The van der Waals surface area contributed by atoms with E-state index in [2.05, 4.69) is 0 Å². The predicted octanol–water partition coefficient (Wildman–Crippen LogP) is 1.92. The maximum atomic E-state index is 11.2. The summed E-state index contributed by atoms with van der Waals surface area (Å²) in [5.41, 5.74) is 1.08. The van der Waals surface area contributed by atoms with Crippen molar-refractivity contribution in [2.45, 2.75) is 12.8 Å². The Hall–Kier alpha value is -1.90. The molecule has 2 aromatic rings. The highest BCUT2D eigenvalue weighted by Crippen LogP contribution is 2.17. The van der Waals surface area contributed by atoms with Gasteiger partial charge in [0.25, 0.3) is 0 Å². The van der Waals surface area contributed by atoms with Gasteiger partial charge in [-0.25, -0.2) is 4.79 Å². The van der Waals surface area contributed by atoms with Crippen molar-refractivity contribution in [2.24, 2.45) is 0 Å². The van der Waals surface area contributed by atoms with Crippen molar-refractivity contribution in [3.05, 3.63) is 46.3 Å². The summed E-state index contributed by atoms with van der Waals surface area (Å²) in [6, 6.07) is 8.78. The molecule has 0 spiro atoms. The lowest BCUT2D eigenvalue weighted by molar-refractivity contribution is -0.107. The maximum absolute atomic E-state index is 11.2. The van der Waals surface area contributed by atoms with E-state index in [0.29, 0.717) is 18.4 Å². The fourth-order valence-electron chi connectivity index (χ4n) is 1.60. The molecule has 0 fully saturated rings. The molecule has 0 radical (unpaired) electrons. The minimum absolute atomic E-state index is 0.366. The van der Waals surface area contributed by atoms with Gasteiger partial charge in [-0.3, -0.25) is 0 Å². The van der Waals surface area contributed by atoms with Gasteiger partial charge in [0, 0.05) is 17.9 Å². The molecule has 76 valence electrons. The normalized spacial score (nSPS) is 10.4. The van der Waals surface area contributed by atoms with Gasteiger partial charge in [0.1, 0.15) is 11.9 Å². The number of benzene rings is 1. The van der Waals surface area contributed by atoms with Crippen LogP contribution in [0.25, 0.3) is 11.0 Å². The highest BCUT2D eigenvalue weighted by atomic mass is 16.4. The zero-order valence-corrected chi connectivity index (χ0v) is 8.10. The van der Waals surface area contributed by atoms with E-state index in [9.17, 15) is 9.59 Å². The van der Waals surface area contributed by atoms with Gasteiger partial charge in [-0.2, -0.15) is 0 Å². The highest BCUT2D eigenvalue weighted by Gasteiger charge is 2.03. The van der Waals surface area contributed by atoms with Crippen LogP contribution < -0.4 is 5.63 Å². The lowest BCUT2D eigenvalue weighted by Crippen LogP contribution is -2.00. The number of hydrogen-bond donors (Lipinski definition) is 0. The molecular weight excluding hydrogens is 192 g/mol. The second-order valence-corrected chi connectivity index (χ2v) is 3.29. The van der Waals surface area contributed by atoms with E-state index in [-0.39, 0.29) is 5.63 Å². The largest absolute Gasteiger partial charge is 0.423 e. The lowest BCUT2D eigenvalue weighted by Gasteiger charge is -2.02. The highest BCUT2D eigenvalue weighted by molar-refractivity contribution is 5.80. The minimum Gasteiger partial charge on any atom is -0.423 e. The second kappa shape index (κ2) is 4.09. The summed E-state index contributed by atoms with van der Waals surface area (Å²) >= 11 is 0. The Morgan fingerprint density at radius 3 is 2.87 bits per heavy atom. The number of hydrogen-bond acceptors (Lipinski definition) is 3. The average molecular weight is 202 g/mol. The van der Waals surface area contributed by atoms with Crippen LogP contribution >= 0.6 is 0 Å². The number of fused-ring (bicyclic) bond motifs is 1. The number of aldehydes is 1. The Balaban J connectivity index is 2.60. The van der Waals surface area contributed by atoms with Crippen molar-refractivity contribution >= 4 is 17.3 Å². The van der Waals surface area contributed by atoms with Gasteiger partial charge in [-0.05, 0) is 18.1 Å². The van der Waals surface area contributed by atoms with Crippen LogP contribution in [0.4, 0.5) is 0 Å². The van der Waals surface area contributed by atoms with Gasteiger partial charge in [0.2, 0.25) is 0 Å². The molecule has 0 saturated carbocycles. The first-order chi connectivity index (χ1) is 7.31. The number of carbonyl (C=O) groups is 1. The van der Waals surface area contributed by atoms with Crippen LogP contribution in [0.15, 0.2) is 39.5 Å². The number of aryl methyl sites for hydroxylation is 1. The van der Waals surface area contributed by atoms with Gasteiger partial charge < -0.3 is 9.21 Å². The summed E-state index contributed by atoms with van der Waals surface area (Å²) in [6.07, 6.45) is 1.85. The van der Waals surface area contributed by atoms with Crippen molar-refractivity contribution in [3.63, 3.8) is 0 Å². The van der Waals surface area contributed by atoms with Crippen molar-refractivity contribution in [1.29, 1.82) is 0 Å². The summed E-state index contributed by atoms with van der Waals surface area (Å²) in [5, 5.41) is 0.902. The van der Waals surface area contributed by atoms with Crippen molar-refractivity contribution < 1.29 is 9.21 Å². The molecule has 1 aromatic carbocycles. The molecule has 0 bridgehead atoms. The van der Waals surface area contributed by atoms with Crippen LogP contribution in [0, 0.1) is 0 Å². The number of rotatable bonds is 3. The zero-order chi connectivity index (χ0) is 10.7. The van der Waals surface area contributed by atoms with Gasteiger partial charge in [0.05, 0.1) is 0 Å². The Morgan fingerprint density at radius 1 is 1.27 bits per heavy atom. The van der Waals surface area contributed by atoms with Crippen LogP contribution in [-0.2, 0) is 11.2 Å². The molecule has 0 N–H and O–H groups in total. The van der Waals surface area contributed by atoms with Gasteiger partial charge >= 0.3 is 5.63 Å². The Bertz CT molecular complexity index is 540. The molecule has 1 heterocycles. The van der Waals surface area contributed by atoms with E-state index < -0.39 is 0 Å². The molecule has 2 rings (SSSR count). The standard InChI is InChI=1S/C12H10O3/c13-7-3-4-9-8-12(14)15-11-6-2-1-5-10(9)11/h1-2,5-8H,3-4H2. The Labute approximate surface area is 86.3 Å². The first kappa shape index (κ1) is 9.65. The van der Waals surface area contributed by atoms with E-state index in [4.69, 9.17) is 4.42 Å². The van der Waals surface area contributed by atoms with Crippen molar-refractivity contribution in [1.82, 2.24) is 0 Å². The third-order valence-electron chi connectivity index (χ3n) is 2.27. The summed E-state index contributed by atoms with van der Waals surface area (Å²) < 4.78 is 5.04. The third-order valence-corrected chi connectivity index (χ3v) is 2.27. The van der Waals surface area contributed by atoms with Crippen LogP contribution in [0.2, 0.25) is 0 Å². The van der Waals surface area contributed by atoms with E-state index in [1.807, 2.05) is 18.2 Å². The first-order valence-electron chi connectivity index (χ1n) is 4.76. The molecule has 0 saturated heterocycles. The molecule has 3 nitrogen and oxygen atoms in total. The molecule has 0 amide bonds. The zero-order valence-electron chi connectivity index (χ0n) is 8.10. The van der Waals surface area contributed by atoms with E-state index in [0.717, 1.165) is 17.2 Å². The molecule has 3 heteroatoms. The Kier molecular flexibility index (Phi) is 2.63. The van der Waals surface area contributed by atoms with Crippen LogP contribution in [0.3, 0.4) is 0 Å². The summed E-state index contributed by atoms with van der Waals surface area (Å²) in [6.45, 7) is 0. The predicted molar refractivity (Wildman–Crippen MR) is 56.9 cm³/mol. The quantitative estimate of drug-likeness (QED) is 0.564. The summed E-state index contributed by atoms with van der Waals surface area (Å²) in [5.74, 6) is 0. The van der Waals surface area contributed by atoms with E-state index in [1.165, 1.54) is 6.07 Å². The fraction of sp³-hybridized carbons (Fsp3) is 0.167. The SMILES string of the molecule is O=CCCc1cc(=O)oc2ccccc12. The van der Waals surface area contributed by atoms with Gasteiger partial charge in [-0.1, -0.05) is 18.2 Å². The molecule has 0 unspecified atom stereocenters. The van der Waals surface area contributed by atoms with E-state index >= 15 is 0 Å². The topological polar surface area (TPSA) is 47.3 Å².